The van der Waals surface area contributed by atoms with Gasteiger partial charge in [-0.25, -0.2) is 14.2 Å². The van der Waals surface area contributed by atoms with Crippen LogP contribution in [-0.2, 0) is 11.3 Å². The maximum absolute atomic E-state index is 14.0. The summed E-state index contributed by atoms with van der Waals surface area (Å²) in [5.41, 5.74) is 2.81. The Morgan fingerprint density at radius 1 is 1.16 bits per heavy atom. The summed E-state index contributed by atoms with van der Waals surface area (Å²) in [5.74, 6) is 0.144. The average molecular weight is 424 g/mol. The van der Waals surface area contributed by atoms with Gasteiger partial charge in [0.25, 0.3) is 0 Å². The van der Waals surface area contributed by atoms with E-state index in [1.807, 2.05) is 18.3 Å². The van der Waals surface area contributed by atoms with Crippen LogP contribution in [0.3, 0.4) is 0 Å². The summed E-state index contributed by atoms with van der Waals surface area (Å²) in [7, 11) is 1.39. The van der Waals surface area contributed by atoms with Gasteiger partial charge in [-0.05, 0) is 81.1 Å². The van der Waals surface area contributed by atoms with Crippen molar-refractivity contribution in [2.45, 2.75) is 44.8 Å². The van der Waals surface area contributed by atoms with Crippen LogP contribution in [0.1, 0.15) is 54.1 Å². The number of carbonyl (C=O) groups is 1. The Hall–Kier alpha value is -2.73. The third kappa shape index (κ3) is 4.96. The molecule has 0 aliphatic carbocycles. The molecule has 3 heterocycles. The lowest BCUT2D eigenvalue weighted by Crippen LogP contribution is -2.40. The highest BCUT2D eigenvalue weighted by molar-refractivity contribution is 5.89. The molecular formula is C25H30FN3O2. The lowest BCUT2D eigenvalue weighted by Gasteiger charge is -2.34. The number of fused-ring (bicyclic) bond motifs is 1. The van der Waals surface area contributed by atoms with Crippen LogP contribution in [0.4, 0.5) is 4.39 Å². The molecule has 1 saturated heterocycles. The SMILES string of the molecule is COC(=O)c1ccc(Cn2ccc3c(C4CCN(CC(C)(C)F)CC4)ccnc32)cc1. The van der Waals surface area contributed by atoms with E-state index in [2.05, 4.69) is 32.8 Å². The third-order valence-corrected chi connectivity index (χ3v) is 6.05. The number of likely N-dealkylation sites (tertiary alicyclic amines) is 1. The fourth-order valence-corrected chi connectivity index (χ4v) is 4.59. The molecule has 164 valence electrons. The number of alkyl halides is 1. The van der Waals surface area contributed by atoms with Gasteiger partial charge in [0.05, 0.1) is 12.7 Å². The number of rotatable bonds is 6. The molecule has 1 aliphatic heterocycles. The molecule has 3 aromatic rings. The van der Waals surface area contributed by atoms with Gasteiger partial charge < -0.3 is 14.2 Å². The van der Waals surface area contributed by atoms with Crippen molar-refractivity contribution in [1.29, 1.82) is 0 Å². The van der Waals surface area contributed by atoms with Crippen LogP contribution in [0, 0.1) is 0 Å². The van der Waals surface area contributed by atoms with E-state index in [-0.39, 0.29) is 5.97 Å². The van der Waals surface area contributed by atoms with E-state index in [4.69, 9.17) is 4.74 Å². The molecule has 0 bridgehead atoms. The van der Waals surface area contributed by atoms with Gasteiger partial charge in [-0.3, -0.25) is 0 Å². The maximum atomic E-state index is 14.0. The predicted molar refractivity (Wildman–Crippen MR) is 120 cm³/mol. The highest BCUT2D eigenvalue weighted by Gasteiger charge is 2.27. The topological polar surface area (TPSA) is 47.4 Å². The Bertz CT molecular complexity index is 1040. The fourth-order valence-electron chi connectivity index (χ4n) is 4.59. The van der Waals surface area contributed by atoms with E-state index in [0.29, 0.717) is 24.6 Å². The van der Waals surface area contributed by atoms with Gasteiger partial charge in [0.2, 0.25) is 0 Å². The van der Waals surface area contributed by atoms with Gasteiger partial charge in [0.15, 0.2) is 0 Å². The minimum atomic E-state index is -1.15. The Labute approximate surface area is 182 Å². The van der Waals surface area contributed by atoms with Crippen molar-refractivity contribution in [2.24, 2.45) is 0 Å². The van der Waals surface area contributed by atoms with Gasteiger partial charge in [-0.2, -0.15) is 0 Å². The monoisotopic (exact) mass is 423 g/mol. The number of hydrogen-bond acceptors (Lipinski definition) is 4. The summed E-state index contributed by atoms with van der Waals surface area (Å²) < 4.78 is 20.9. The highest BCUT2D eigenvalue weighted by Crippen LogP contribution is 2.33. The van der Waals surface area contributed by atoms with Gasteiger partial charge in [0, 0.05) is 30.9 Å². The van der Waals surface area contributed by atoms with E-state index in [9.17, 15) is 9.18 Å². The van der Waals surface area contributed by atoms with E-state index >= 15 is 0 Å². The first-order chi connectivity index (χ1) is 14.8. The van der Waals surface area contributed by atoms with Crippen molar-refractivity contribution < 1.29 is 13.9 Å². The minimum absolute atomic E-state index is 0.328. The number of piperidine rings is 1. The van der Waals surface area contributed by atoms with E-state index in [1.54, 1.807) is 26.0 Å². The summed E-state index contributed by atoms with van der Waals surface area (Å²) in [6, 6.07) is 11.8. The number of ether oxygens (including phenoxy) is 1. The lowest BCUT2D eigenvalue weighted by atomic mass is 9.88. The summed E-state index contributed by atoms with van der Waals surface area (Å²) in [5, 5.41) is 1.19. The molecule has 5 nitrogen and oxygen atoms in total. The van der Waals surface area contributed by atoms with Crippen LogP contribution < -0.4 is 0 Å². The van der Waals surface area contributed by atoms with Crippen LogP contribution in [0.25, 0.3) is 11.0 Å². The number of carbonyl (C=O) groups excluding carboxylic acids is 1. The molecule has 0 saturated carbocycles. The Balaban J connectivity index is 1.49. The largest absolute Gasteiger partial charge is 0.465 e. The summed E-state index contributed by atoms with van der Waals surface area (Å²) in [4.78, 5) is 18.5. The van der Waals surface area contributed by atoms with Crippen LogP contribution in [0.2, 0.25) is 0 Å². The first-order valence-electron chi connectivity index (χ1n) is 10.9. The normalized spacial score (nSPS) is 16.0. The Morgan fingerprint density at radius 3 is 2.52 bits per heavy atom. The molecule has 0 spiro atoms. The summed E-state index contributed by atoms with van der Waals surface area (Å²) in [6.45, 7) is 6.33. The lowest BCUT2D eigenvalue weighted by molar-refractivity contribution is 0.0600. The van der Waals surface area contributed by atoms with Crippen molar-refractivity contribution in [1.82, 2.24) is 14.5 Å². The molecule has 1 aromatic carbocycles. The van der Waals surface area contributed by atoms with Gasteiger partial charge >= 0.3 is 5.97 Å². The van der Waals surface area contributed by atoms with Crippen LogP contribution in [0.5, 0.6) is 0 Å². The smallest absolute Gasteiger partial charge is 0.337 e. The van der Waals surface area contributed by atoms with Gasteiger partial charge in [-0.1, -0.05) is 12.1 Å². The number of halogens is 1. The van der Waals surface area contributed by atoms with Crippen molar-refractivity contribution in [3.05, 3.63) is 65.5 Å². The number of hydrogen-bond donors (Lipinski definition) is 0. The second-order valence-corrected chi connectivity index (χ2v) is 9.04. The fraction of sp³-hybridized carbons (Fsp3) is 0.440. The Morgan fingerprint density at radius 2 is 1.87 bits per heavy atom. The summed E-state index contributed by atoms with van der Waals surface area (Å²) >= 11 is 0. The number of nitrogens with zero attached hydrogens (tertiary/aromatic N) is 3. The Kier molecular flexibility index (Phi) is 6.10. The van der Waals surface area contributed by atoms with Crippen LogP contribution >= 0.6 is 0 Å². The second kappa shape index (κ2) is 8.79. The van der Waals surface area contributed by atoms with Crippen molar-refractivity contribution in [3.8, 4) is 0 Å². The zero-order valence-electron chi connectivity index (χ0n) is 18.5. The van der Waals surface area contributed by atoms with Gasteiger partial charge in [-0.15, -0.1) is 0 Å². The van der Waals surface area contributed by atoms with Crippen molar-refractivity contribution in [2.75, 3.05) is 26.7 Å². The van der Waals surface area contributed by atoms with E-state index in [0.717, 1.165) is 37.1 Å². The molecule has 0 unspecified atom stereocenters. The van der Waals surface area contributed by atoms with E-state index < -0.39 is 5.67 Å². The molecule has 2 aromatic heterocycles. The number of esters is 1. The van der Waals surface area contributed by atoms with Crippen LogP contribution in [0.15, 0.2) is 48.8 Å². The standard InChI is InChI=1S/C25H30FN3O2/c1-25(2,26)17-28-13-9-19(10-14-28)21-8-12-27-23-22(21)11-15-29(23)16-18-4-6-20(7-5-18)24(30)31-3/h4-8,11-12,15,19H,9-10,13-14,16-17H2,1-3H3. The minimum Gasteiger partial charge on any atom is -0.465 e. The maximum Gasteiger partial charge on any atom is 0.337 e. The molecule has 1 fully saturated rings. The van der Waals surface area contributed by atoms with Crippen molar-refractivity contribution >= 4 is 17.0 Å². The number of pyridine rings is 1. The molecular weight excluding hydrogens is 393 g/mol. The molecule has 31 heavy (non-hydrogen) atoms. The van der Waals surface area contributed by atoms with Crippen LogP contribution in [-0.4, -0.2) is 52.8 Å². The van der Waals surface area contributed by atoms with Crippen molar-refractivity contribution in [3.63, 3.8) is 0 Å². The second-order valence-electron chi connectivity index (χ2n) is 9.04. The quantitative estimate of drug-likeness (QED) is 0.535. The molecule has 4 rings (SSSR count). The van der Waals surface area contributed by atoms with E-state index in [1.165, 1.54) is 18.1 Å². The molecule has 1 aliphatic rings. The first kappa shape index (κ1) is 21.5. The number of benzene rings is 1. The highest BCUT2D eigenvalue weighted by atomic mass is 19.1. The average Bonchev–Trinajstić information content (AvgIpc) is 3.16. The number of aromatic nitrogens is 2. The third-order valence-electron chi connectivity index (χ3n) is 6.05. The zero-order valence-corrected chi connectivity index (χ0v) is 18.5. The predicted octanol–water partition coefficient (Wildman–Crippen LogP) is 4.80. The molecule has 0 amide bonds. The zero-order chi connectivity index (χ0) is 22.0. The number of methoxy groups -OCH3 is 1. The first-order valence-corrected chi connectivity index (χ1v) is 10.9. The molecule has 0 atom stereocenters. The molecule has 6 heteroatoms. The van der Waals surface area contributed by atoms with Gasteiger partial charge in [0.1, 0.15) is 11.3 Å². The summed E-state index contributed by atoms with van der Waals surface area (Å²) in [6.07, 6.45) is 6.05. The molecule has 0 N–H and O–H groups in total. The molecule has 0 radical (unpaired) electrons.